The van der Waals surface area contributed by atoms with Crippen LogP contribution in [0.4, 0.5) is 0 Å². The van der Waals surface area contributed by atoms with E-state index in [4.69, 9.17) is 0 Å². The highest BCUT2D eigenvalue weighted by Crippen LogP contribution is 2.35. The molecule has 0 aromatic heterocycles. The van der Waals surface area contributed by atoms with Gasteiger partial charge < -0.3 is 10.2 Å². The maximum absolute atomic E-state index is 12.4. The summed E-state index contributed by atoms with van der Waals surface area (Å²) >= 11 is 0. The molecule has 1 saturated heterocycles. The highest BCUT2D eigenvalue weighted by molar-refractivity contribution is 5.96. The molecule has 0 radical (unpaired) electrons. The minimum absolute atomic E-state index is 0.0510. The van der Waals surface area contributed by atoms with Gasteiger partial charge in [-0.15, -0.1) is 0 Å². The lowest BCUT2D eigenvalue weighted by atomic mass is 9.75. The number of hydrogen-bond acceptors (Lipinski definition) is 2. The third-order valence-corrected chi connectivity index (χ3v) is 5.32. The van der Waals surface area contributed by atoms with E-state index in [0.29, 0.717) is 11.5 Å². The summed E-state index contributed by atoms with van der Waals surface area (Å²) < 4.78 is 0. The first-order valence-corrected chi connectivity index (χ1v) is 8.76. The number of benzene rings is 1. The Morgan fingerprint density at radius 2 is 1.96 bits per heavy atom. The fourth-order valence-corrected chi connectivity index (χ4v) is 3.98. The van der Waals surface area contributed by atoms with Gasteiger partial charge in [-0.3, -0.25) is 9.59 Å². The number of nitrogens with one attached hydrogen (secondary N) is 1. The van der Waals surface area contributed by atoms with E-state index in [2.05, 4.69) is 5.32 Å². The number of carbonyl (C=O) groups excluding carboxylic acids is 2. The van der Waals surface area contributed by atoms with Gasteiger partial charge in [0, 0.05) is 18.7 Å². The SMILES string of the molecule is Cc1cccc(C(=O)NCC(=O)N2CC[C@@H]3CCCC[C@@H]3C2)c1. The first kappa shape index (κ1) is 16.0. The number of rotatable bonds is 3. The Labute approximate surface area is 138 Å². The Kier molecular flexibility index (Phi) is 4.99. The van der Waals surface area contributed by atoms with Crippen LogP contribution in [-0.2, 0) is 4.79 Å². The second-order valence-corrected chi connectivity index (χ2v) is 6.99. The van der Waals surface area contributed by atoms with Crippen LogP contribution in [0.15, 0.2) is 24.3 Å². The molecule has 0 spiro atoms. The zero-order valence-electron chi connectivity index (χ0n) is 13.9. The Morgan fingerprint density at radius 3 is 2.74 bits per heavy atom. The number of amides is 2. The summed E-state index contributed by atoms with van der Waals surface area (Å²) in [7, 11) is 0. The van der Waals surface area contributed by atoms with E-state index < -0.39 is 0 Å². The molecular formula is C19H26N2O2. The molecule has 2 fully saturated rings. The van der Waals surface area contributed by atoms with Gasteiger partial charge in [-0.1, -0.05) is 37.0 Å². The molecule has 23 heavy (non-hydrogen) atoms. The highest BCUT2D eigenvalue weighted by atomic mass is 16.2. The molecule has 2 amide bonds. The summed E-state index contributed by atoms with van der Waals surface area (Å²) in [4.78, 5) is 26.5. The van der Waals surface area contributed by atoms with Crippen molar-refractivity contribution in [1.82, 2.24) is 10.2 Å². The van der Waals surface area contributed by atoms with Crippen LogP contribution in [0.25, 0.3) is 0 Å². The average Bonchev–Trinajstić information content (AvgIpc) is 2.59. The Hall–Kier alpha value is -1.84. The molecule has 1 aliphatic carbocycles. The van der Waals surface area contributed by atoms with Crippen LogP contribution in [0.5, 0.6) is 0 Å². The summed E-state index contributed by atoms with van der Waals surface area (Å²) in [6, 6.07) is 7.43. The molecule has 4 heteroatoms. The summed E-state index contributed by atoms with van der Waals surface area (Å²) in [5, 5.41) is 2.77. The standard InChI is InChI=1S/C19H26N2O2/c1-14-5-4-8-16(11-14)19(23)20-12-18(22)21-10-9-15-6-2-3-7-17(15)13-21/h4-5,8,11,15,17H,2-3,6-7,9-10,12-13H2,1H3,(H,20,23)/t15-,17+/m0/s1. The van der Waals surface area contributed by atoms with Crippen molar-refractivity contribution in [3.05, 3.63) is 35.4 Å². The Morgan fingerprint density at radius 1 is 1.17 bits per heavy atom. The van der Waals surface area contributed by atoms with Crippen molar-refractivity contribution in [2.24, 2.45) is 11.8 Å². The molecule has 1 aliphatic heterocycles. The van der Waals surface area contributed by atoms with E-state index in [-0.39, 0.29) is 18.4 Å². The first-order valence-electron chi connectivity index (χ1n) is 8.76. The minimum atomic E-state index is -0.172. The molecule has 2 atom stereocenters. The van der Waals surface area contributed by atoms with Gasteiger partial charge in [-0.05, 0) is 43.7 Å². The number of hydrogen-bond donors (Lipinski definition) is 1. The zero-order chi connectivity index (χ0) is 16.2. The summed E-state index contributed by atoms with van der Waals surface area (Å²) in [6.07, 6.45) is 6.36. The smallest absolute Gasteiger partial charge is 0.251 e. The molecule has 2 aliphatic rings. The topological polar surface area (TPSA) is 49.4 Å². The first-order chi connectivity index (χ1) is 11.1. The molecule has 1 heterocycles. The van der Waals surface area contributed by atoms with Crippen molar-refractivity contribution in [2.75, 3.05) is 19.6 Å². The number of nitrogens with zero attached hydrogens (tertiary/aromatic N) is 1. The molecule has 0 unspecified atom stereocenters. The monoisotopic (exact) mass is 314 g/mol. The van der Waals surface area contributed by atoms with Gasteiger partial charge >= 0.3 is 0 Å². The maximum Gasteiger partial charge on any atom is 0.251 e. The summed E-state index contributed by atoms with van der Waals surface area (Å²) in [5.41, 5.74) is 1.66. The fraction of sp³-hybridized carbons (Fsp3) is 0.579. The van der Waals surface area contributed by atoms with E-state index in [1.165, 1.54) is 25.7 Å². The zero-order valence-corrected chi connectivity index (χ0v) is 13.9. The third kappa shape index (κ3) is 3.92. The van der Waals surface area contributed by atoms with Gasteiger partial charge in [0.05, 0.1) is 6.54 Å². The van der Waals surface area contributed by atoms with Crippen molar-refractivity contribution in [3.63, 3.8) is 0 Å². The Balaban J connectivity index is 1.50. The minimum Gasteiger partial charge on any atom is -0.343 e. The van der Waals surface area contributed by atoms with E-state index in [9.17, 15) is 9.59 Å². The number of likely N-dealkylation sites (tertiary alicyclic amines) is 1. The number of piperidine rings is 1. The van der Waals surface area contributed by atoms with Gasteiger partial charge in [0.1, 0.15) is 0 Å². The van der Waals surface area contributed by atoms with E-state index >= 15 is 0 Å². The van der Waals surface area contributed by atoms with Crippen molar-refractivity contribution in [1.29, 1.82) is 0 Å². The van der Waals surface area contributed by atoms with Gasteiger partial charge in [0.2, 0.25) is 5.91 Å². The average molecular weight is 314 g/mol. The lowest BCUT2D eigenvalue weighted by molar-refractivity contribution is -0.133. The van der Waals surface area contributed by atoms with Crippen LogP contribution in [0, 0.1) is 18.8 Å². The predicted octanol–water partition coefficient (Wildman–Crippen LogP) is 2.76. The quantitative estimate of drug-likeness (QED) is 0.932. The number of carbonyl (C=O) groups is 2. The summed E-state index contributed by atoms with van der Waals surface area (Å²) in [6.45, 7) is 3.78. The van der Waals surface area contributed by atoms with Gasteiger partial charge in [0.25, 0.3) is 5.91 Å². The van der Waals surface area contributed by atoms with Crippen LogP contribution in [-0.4, -0.2) is 36.3 Å². The maximum atomic E-state index is 12.4. The van der Waals surface area contributed by atoms with Gasteiger partial charge in [0.15, 0.2) is 0 Å². The van der Waals surface area contributed by atoms with Crippen LogP contribution in [0.2, 0.25) is 0 Å². The normalized spacial score (nSPS) is 24.0. The van der Waals surface area contributed by atoms with Crippen LogP contribution >= 0.6 is 0 Å². The van der Waals surface area contributed by atoms with Crippen molar-refractivity contribution >= 4 is 11.8 Å². The predicted molar refractivity (Wildman–Crippen MR) is 90.2 cm³/mol. The molecule has 1 N–H and O–H groups in total. The lowest BCUT2D eigenvalue weighted by Crippen LogP contribution is -2.48. The number of aryl methyl sites for hydroxylation is 1. The van der Waals surface area contributed by atoms with Crippen molar-refractivity contribution in [3.8, 4) is 0 Å². The van der Waals surface area contributed by atoms with Crippen LogP contribution in [0.3, 0.4) is 0 Å². The van der Waals surface area contributed by atoms with Crippen molar-refractivity contribution < 1.29 is 9.59 Å². The van der Waals surface area contributed by atoms with Gasteiger partial charge in [-0.2, -0.15) is 0 Å². The van der Waals surface area contributed by atoms with E-state index in [0.717, 1.165) is 31.0 Å². The van der Waals surface area contributed by atoms with Crippen molar-refractivity contribution in [2.45, 2.75) is 39.0 Å². The van der Waals surface area contributed by atoms with Crippen LogP contribution < -0.4 is 5.32 Å². The molecular weight excluding hydrogens is 288 g/mol. The second kappa shape index (κ2) is 7.16. The molecule has 4 nitrogen and oxygen atoms in total. The molecule has 3 rings (SSSR count). The lowest BCUT2D eigenvalue weighted by Gasteiger charge is -2.41. The second-order valence-electron chi connectivity index (χ2n) is 6.99. The van der Waals surface area contributed by atoms with E-state index in [1.54, 1.807) is 6.07 Å². The fourth-order valence-electron chi connectivity index (χ4n) is 3.98. The number of fused-ring (bicyclic) bond motifs is 1. The van der Waals surface area contributed by atoms with E-state index in [1.807, 2.05) is 30.0 Å². The third-order valence-electron chi connectivity index (χ3n) is 5.32. The molecule has 124 valence electrons. The largest absolute Gasteiger partial charge is 0.343 e. The Bertz CT molecular complexity index is 584. The summed E-state index contributed by atoms with van der Waals surface area (Å²) in [5.74, 6) is 1.37. The molecule has 1 aromatic rings. The van der Waals surface area contributed by atoms with Gasteiger partial charge in [-0.25, -0.2) is 0 Å². The van der Waals surface area contributed by atoms with Crippen LogP contribution in [0.1, 0.15) is 48.0 Å². The molecule has 1 saturated carbocycles. The highest BCUT2D eigenvalue weighted by Gasteiger charge is 2.32. The molecule has 1 aromatic carbocycles. The molecule has 0 bridgehead atoms.